The van der Waals surface area contributed by atoms with Crippen LogP contribution in [0.3, 0.4) is 0 Å². The van der Waals surface area contributed by atoms with Gasteiger partial charge in [-0.25, -0.2) is 4.79 Å². The minimum atomic E-state index is -0.853. The fourth-order valence-electron chi connectivity index (χ4n) is 9.20. The van der Waals surface area contributed by atoms with Crippen LogP contribution in [0.5, 0.6) is 0 Å². The summed E-state index contributed by atoms with van der Waals surface area (Å²) in [5, 5.41) is 0. The van der Waals surface area contributed by atoms with Crippen LogP contribution in [0.15, 0.2) is 35.2 Å². The van der Waals surface area contributed by atoms with Crippen LogP contribution in [-0.4, -0.2) is 35.5 Å². The van der Waals surface area contributed by atoms with Crippen LogP contribution in [0.4, 0.5) is 0 Å². The quantitative estimate of drug-likeness (QED) is 0.450. The highest BCUT2D eigenvalue weighted by molar-refractivity contribution is 5.95. The van der Waals surface area contributed by atoms with Crippen LogP contribution >= 0.6 is 0 Å². The minimum Gasteiger partial charge on any atom is -0.472 e. The zero-order chi connectivity index (χ0) is 25.2. The van der Waals surface area contributed by atoms with Gasteiger partial charge in [-0.3, -0.25) is 9.59 Å². The lowest BCUT2D eigenvalue weighted by Crippen LogP contribution is -2.72. The molecule has 0 aromatic carbocycles. The Morgan fingerprint density at radius 1 is 1.09 bits per heavy atom. The molecule has 1 aromatic rings. The van der Waals surface area contributed by atoms with E-state index in [1.54, 1.807) is 18.6 Å². The molecule has 7 nitrogen and oxygen atoms in total. The summed E-state index contributed by atoms with van der Waals surface area (Å²) in [6, 6.07) is 1.84. The molecule has 3 heterocycles. The molecule has 0 amide bonds. The zero-order valence-electron chi connectivity index (χ0n) is 21.3. The Morgan fingerprint density at radius 2 is 1.83 bits per heavy atom. The average molecular weight is 483 g/mol. The number of furan rings is 1. The number of hydrogen-bond donors (Lipinski definition) is 0. The number of esters is 2. The van der Waals surface area contributed by atoms with Crippen molar-refractivity contribution in [3.05, 3.63) is 36.3 Å². The van der Waals surface area contributed by atoms with Gasteiger partial charge in [-0.05, 0) is 48.7 Å². The predicted molar refractivity (Wildman–Crippen MR) is 124 cm³/mol. The van der Waals surface area contributed by atoms with Gasteiger partial charge in [-0.15, -0.1) is 0 Å². The van der Waals surface area contributed by atoms with E-state index in [2.05, 4.69) is 26.8 Å². The molecule has 2 saturated heterocycles. The maximum atomic E-state index is 13.2. The summed E-state index contributed by atoms with van der Waals surface area (Å²) in [5.41, 5.74) is -2.15. The van der Waals surface area contributed by atoms with E-state index in [4.69, 9.17) is 18.6 Å². The summed E-state index contributed by atoms with van der Waals surface area (Å²) in [6.07, 6.45) is 7.46. The minimum absolute atomic E-state index is 0.00639. The van der Waals surface area contributed by atoms with Gasteiger partial charge in [0, 0.05) is 28.7 Å². The first kappa shape index (κ1) is 23.0. The molecule has 1 aromatic heterocycles. The van der Waals surface area contributed by atoms with E-state index in [1.165, 1.54) is 6.92 Å². The summed E-state index contributed by atoms with van der Waals surface area (Å²) in [5.74, 6) is -0.603. The second-order valence-corrected chi connectivity index (χ2v) is 12.6. The molecule has 0 N–H and O–H groups in total. The normalized spacial score (nSPS) is 49.1. The molecule has 9 atom stereocenters. The Labute approximate surface area is 205 Å². The molecule has 6 rings (SSSR count). The van der Waals surface area contributed by atoms with E-state index >= 15 is 0 Å². The van der Waals surface area contributed by atoms with Crippen molar-refractivity contribution in [3.8, 4) is 0 Å². The molecule has 3 aliphatic carbocycles. The van der Waals surface area contributed by atoms with Crippen molar-refractivity contribution in [1.29, 1.82) is 0 Å². The summed E-state index contributed by atoms with van der Waals surface area (Å²) >= 11 is 0. The lowest BCUT2D eigenvalue weighted by atomic mass is 9.35. The smallest absolute Gasteiger partial charge is 0.339 e. The first-order valence-electron chi connectivity index (χ1n) is 12.7. The largest absolute Gasteiger partial charge is 0.472 e. The number of epoxide rings is 1. The van der Waals surface area contributed by atoms with Gasteiger partial charge in [0.2, 0.25) is 0 Å². The van der Waals surface area contributed by atoms with Crippen molar-refractivity contribution in [1.82, 2.24) is 0 Å². The van der Waals surface area contributed by atoms with Gasteiger partial charge < -0.3 is 18.6 Å². The number of rotatable bonds is 2. The molecule has 0 bridgehead atoms. The number of cyclic esters (lactones) is 1. The Morgan fingerprint density at radius 3 is 2.49 bits per heavy atom. The van der Waals surface area contributed by atoms with Crippen LogP contribution in [-0.2, 0) is 28.6 Å². The van der Waals surface area contributed by atoms with Crippen LogP contribution in [0.2, 0.25) is 0 Å². The Balaban J connectivity index is 1.55. The third-order valence-corrected chi connectivity index (χ3v) is 10.8. The predicted octanol–water partition coefficient (Wildman–Crippen LogP) is 4.56. The Bertz CT molecular complexity index is 1150. The van der Waals surface area contributed by atoms with Gasteiger partial charge >= 0.3 is 11.9 Å². The molecule has 35 heavy (non-hydrogen) atoms. The van der Waals surface area contributed by atoms with E-state index in [1.807, 2.05) is 19.9 Å². The maximum absolute atomic E-state index is 13.2. The highest BCUT2D eigenvalue weighted by atomic mass is 16.7. The van der Waals surface area contributed by atoms with Gasteiger partial charge in [0.25, 0.3) is 0 Å². The van der Waals surface area contributed by atoms with Gasteiger partial charge in [-0.2, -0.15) is 0 Å². The molecule has 0 radical (unpaired) electrons. The third-order valence-electron chi connectivity index (χ3n) is 10.8. The second kappa shape index (κ2) is 6.67. The number of hydrogen-bond acceptors (Lipinski definition) is 7. The summed E-state index contributed by atoms with van der Waals surface area (Å²) < 4.78 is 24.0. The Kier molecular flexibility index (Phi) is 4.38. The van der Waals surface area contributed by atoms with Crippen molar-refractivity contribution in [3.63, 3.8) is 0 Å². The number of carbonyl (C=O) groups excluding carboxylic acids is 3. The maximum Gasteiger partial charge on any atom is 0.339 e. The van der Waals surface area contributed by atoms with Crippen LogP contribution < -0.4 is 0 Å². The fraction of sp³-hybridized carbons (Fsp3) is 0.679. The highest BCUT2D eigenvalue weighted by Crippen LogP contribution is 2.79. The SMILES string of the molecule is CC(=O)O[C@H]1C[C@H]2C(C)(C)C(=O)C=C[C@]2(C)[C@@H]2CC[C@@]3(C)[C@H](c4ccoc4)OC(=O)[C@H]4O[C@]43[C@]12C. The molecule has 2 saturated carbocycles. The van der Waals surface area contributed by atoms with Gasteiger partial charge in [-0.1, -0.05) is 40.7 Å². The van der Waals surface area contributed by atoms with Crippen LogP contribution in [0.25, 0.3) is 0 Å². The van der Waals surface area contributed by atoms with Crippen LogP contribution in [0, 0.1) is 33.5 Å². The molecular formula is C28H34O7. The van der Waals surface area contributed by atoms with Gasteiger partial charge in [0.05, 0.1) is 12.5 Å². The lowest BCUT2D eigenvalue weighted by molar-refractivity contribution is -0.251. The molecular weight excluding hydrogens is 448 g/mol. The van der Waals surface area contributed by atoms with Crippen LogP contribution in [0.1, 0.15) is 72.5 Å². The van der Waals surface area contributed by atoms with Gasteiger partial charge in [0.1, 0.15) is 17.8 Å². The van der Waals surface area contributed by atoms with E-state index in [9.17, 15) is 14.4 Å². The van der Waals surface area contributed by atoms with E-state index in [0.29, 0.717) is 6.42 Å². The summed E-state index contributed by atoms with van der Waals surface area (Å²) in [4.78, 5) is 38.6. The molecule has 7 heteroatoms. The third kappa shape index (κ3) is 2.48. The average Bonchev–Trinajstić information content (AvgIpc) is 3.35. The van der Waals surface area contributed by atoms with Crippen molar-refractivity contribution in [2.75, 3.05) is 0 Å². The van der Waals surface area contributed by atoms with Crippen molar-refractivity contribution in [2.45, 2.75) is 84.7 Å². The number of ketones is 1. The summed E-state index contributed by atoms with van der Waals surface area (Å²) in [6.45, 7) is 12.0. The Hall–Kier alpha value is -2.41. The molecule has 0 unspecified atom stereocenters. The fourth-order valence-corrected chi connectivity index (χ4v) is 9.20. The topological polar surface area (TPSA) is 95.3 Å². The highest BCUT2D eigenvalue weighted by Gasteiger charge is 2.88. The summed E-state index contributed by atoms with van der Waals surface area (Å²) in [7, 11) is 0. The molecule has 1 spiro atoms. The standard InChI is InChI=1S/C28H34O7/c1-15(29)33-20-13-18-24(2,3)19(30)8-10-25(18,4)17-7-11-26(5)21(16-9-12-32-14-16)34-23(31)22-28(26,35-22)27(17,20)6/h8-10,12,14,17-18,20-22H,7,11,13H2,1-6H3/t17-,18-,20-,21-,22+,25+,26-,27-,28+/m0/s1. The number of allylic oxidation sites excluding steroid dienone is 2. The molecule has 5 aliphatic rings. The number of ether oxygens (including phenoxy) is 3. The van der Waals surface area contributed by atoms with E-state index < -0.39 is 40.2 Å². The van der Waals surface area contributed by atoms with Crippen molar-refractivity contribution in [2.24, 2.45) is 33.5 Å². The molecule has 2 aliphatic heterocycles. The first-order valence-corrected chi connectivity index (χ1v) is 12.7. The second-order valence-electron chi connectivity index (χ2n) is 12.6. The molecule has 188 valence electrons. The molecule has 4 fully saturated rings. The monoisotopic (exact) mass is 482 g/mol. The van der Waals surface area contributed by atoms with Crippen molar-refractivity contribution >= 4 is 17.7 Å². The van der Waals surface area contributed by atoms with Crippen molar-refractivity contribution < 1.29 is 33.0 Å². The zero-order valence-corrected chi connectivity index (χ0v) is 21.3. The van der Waals surface area contributed by atoms with E-state index in [-0.39, 0.29) is 35.0 Å². The number of fused-ring (bicyclic) bond motifs is 3. The first-order chi connectivity index (χ1) is 16.3. The lowest BCUT2D eigenvalue weighted by Gasteiger charge is -2.68. The van der Waals surface area contributed by atoms with E-state index in [0.717, 1.165) is 18.4 Å². The van der Waals surface area contributed by atoms with Gasteiger partial charge in [0.15, 0.2) is 11.9 Å². The number of carbonyl (C=O) groups is 3.